The molecule has 0 bridgehead atoms. The van der Waals surface area contributed by atoms with Crippen molar-refractivity contribution in [1.29, 1.82) is 0 Å². The maximum Gasteiger partial charge on any atom is 0.332 e. The van der Waals surface area contributed by atoms with Crippen LogP contribution in [0.1, 0.15) is 12.5 Å². The first-order chi connectivity index (χ1) is 9.88. The molecule has 0 spiro atoms. The van der Waals surface area contributed by atoms with Crippen LogP contribution >= 0.6 is 11.8 Å². The Bertz CT molecular complexity index is 838. The number of rotatable bonds is 4. The minimum atomic E-state index is -0.464. The van der Waals surface area contributed by atoms with Crippen molar-refractivity contribution in [2.75, 3.05) is 5.75 Å². The van der Waals surface area contributed by atoms with Gasteiger partial charge in [0.25, 0.3) is 5.56 Å². The van der Waals surface area contributed by atoms with E-state index in [1.54, 1.807) is 13.2 Å². The summed E-state index contributed by atoms with van der Waals surface area (Å²) in [6, 6.07) is 0. The topological polar surface area (TPSA) is 100.0 Å². The summed E-state index contributed by atoms with van der Waals surface area (Å²) in [4.78, 5) is 40.3. The molecule has 2 aromatic heterocycles. The van der Waals surface area contributed by atoms with Crippen LogP contribution in [0.3, 0.4) is 0 Å². The number of carbonyl (C=O) groups is 1. The number of aryl methyl sites for hydroxylation is 2. The van der Waals surface area contributed by atoms with Crippen molar-refractivity contribution >= 4 is 28.7 Å². The average Bonchev–Trinajstić information content (AvgIpc) is 2.47. The van der Waals surface area contributed by atoms with Gasteiger partial charge in [0.15, 0.2) is 0 Å². The van der Waals surface area contributed by atoms with E-state index in [4.69, 9.17) is 5.73 Å². The molecule has 7 nitrogen and oxygen atoms in total. The summed E-state index contributed by atoms with van der Waals surface area (Å²) in [7, 11) is 2.98. The maximum atomic E-state index is 12.4. The molecule has 2 rings (SSSR count). The van der Waals surface area contributed by atoms with Crippen LogP contribution in [0.15, 0.2) is 20.7 Å². The predicted octanol–water partition coefficient (Wildman–Crippen LogP) is -0.228. The van der Waals surface area contributed by atoms with Crippen molar-refractivity contribution in [2.45, 2.75) is 18.2 Å². The van der Waals surface area contributed by atoms with Gasteiger partial charge in [0.05, 0.1) is 11.1 Å². The second-order valence-corrected chi connectivity index (χ2v) is 5.61. The maximum absolute atomic E-state index is 12.4. The highest BCUT2D eigenvalue weighted by Crippen LogP contribution is 2.28. The Labute approximate surface area is 124 Å². The number of aromatic nitrogens is 3. The van der Waals surface area contributed by atoms with Crippen LogP contribution in [0, 0.1) is 0 Å². The Kier molecular flexibility index (Phi) is 4.17. The number of pyridine rings is 1. The Morgan fingerprint density at radius 3 is 2.57 bits per heavy atom. The normalized spacial score (nSPS) is 11.0. The smallest absolute Gasteiger partial charge is 0.332 e. The van der Waals surface area contributed by atoms with Crippen LogP contribution in [0.5, 0.6) is 0 Å². The first-order valence-corrected chi connectivity index (χ1v) is 7.35. The predicted molar refractivity (Wildman–Crippen MR) is 81.5 cm³/mol. The van der Waals surface area contributed by atoms with Crippen molar-refractivity contribution in [3.05, 3.63) is 32.6 Å². The monoisotopic (exact) mass is 308 g/mol. The molecule has 112 valence electrons. The summed E-state index contributed by atoms with van der Waals surface area (Å²) in [6.45, 7) is 1.93. The zero-order chi connectivity index (χ0) is 15.7. The second kappa shape index (κ2) is 5.72. The molecule has 21 heavy (non-hydrogen) atoms. The summed E-state index contributed by atoms with van der Waals surface area (Å²) >= 11 is 1.20. The lowest BCUT2D eigenvalue weighted by Crippen LogP contribution is -2.37. The third kappa shape index (κ3) is 2.58. The van der Waals surface area contributed by atoms with Crippen LogP contribution in [0.4, 0.5) is 0 Å². The van der Waals surface area contributed by atoms with Crippen LogP contribution < -0.4 is 17.0 Å². The summed E-state index contributed by atoms with van der Waals surface area (Å²) in [5.74, 6) is -0.397. The molecular formula is C13H16N4O3S. The Morgan fingerprint density at radius 1 is 1.33 bits per heavy atom. The first kappa shape index (κ1) is 15.3. The average molecular weight is 308 g/mol. The number of carbonyl (C=O) groups excluding carboxylic acids is 1. The van der Waals surface area contributed by atoms with E-state index >= 15 is 0 Å². The molecule has 0 atom stereocenters. The number of primary amides is 1. The standard InChI is InChI=1S/C13H16N4O3S/c1-4-7-5-15-11-9(10(7)21-6-8(14)18)12(19)17(3)13(20)16(11)2/h5H,4,6H2,1-3H3,(H2,14,18). The van der Waals surface area contributed by atoms with Gasteiger partial charge in [0.1, 0.15) is 5.65 Å². The molecule has 0 fully saturated rings. The Hall–Kier alpha value is -2.09. The second-order valence-electron chi connectivity index (χ2n) is 4.63. The summed E-state index contributed by atoms with van der Waals surface area (Å²) in [5.41, 5.74) is 5.50. The number of hydrogen-bond donors (Lipinski definition) is 1. The molecule has 0 aliphatic carbocycles. The van der Waals surface area contributed by atoms with Gasteiger partial charge in [-0.3, -0.25) is 18.7 Å². The number of fused-ring (bicyclic) bond motifs is 1. The highest BCUT2D eigenvalue weighted by molar-refractivity contribution is 8.00. The zero-order valence-corrected chi connectivity index (χ0v) is 12.9. The van der Waals surface area contributed by atoms with Crippen LogP contribution in [0.2, 0.25) is 0 Å². The fourth-order valence-corrected chi connectivity index (χ4v) is 3.09. The lowest BCUT2D eigenvalue weighted by Gasteiger charge is -2.12. The zero-order valence-electron chi connectivity index (χ0n) is 12.0. The third-order valence-electron chi connectivity index (χ3n) is 3.23. The fraction of sp³-hybridized carbons (Fsp3) is 0.385. The van der Waals surface area contributed by atoms with Gasteiger partial charge < -0.3 is 5.73 Å². The van der Waals surface area contributed by atoms with Crippen molar-refractivity contribution < 1.29 is 4.79 Å². The molecule has 0 aliphatic heterocycles. The first-order valence-electron chi connectivity index (χ1n) is 6.37. The third-order valence-corrected chi connectivity index (χ3v) is 4.42. The van der Waals surface area contributed by atoms with Crippen LogP contribution in [0.25, 0.3) is 11.0 Å². The summed E-state index contributed by atoms with van der Waals surface area (Å²) < 4.78 is 2.36. The number of nitrogens with two attached hydrogens (primary N) is 1. The summed E-state index contributed by atoms with van der Waals surface area (Å²) in [6.07, 6.45) is 2.29. The molecule has 0 saturated carbocycles. The molecule has 1 amide bonds. The van der Waals surface area contributed by atoms with Crippen LogP contribution in [-0.2, 0) is 25.3 Å². The van der Waals surface area contributed by atoms with Crippen LogP contribution in [-0.4, -0.2) is 25.8 Å². The molecule has 0 radical (unpaired) electrons. The van der Waals surface area contributed by atoms with E-state index in [1.165, 1.54) is 23.4 Å². The van der Waals surface area contributed by atoms with Gasteiger partial charge in [-0.2, -0.15) is 0 Å². The Balaban J connectivity index is 2.88. The van der Waals surface area contributed by atoms with Crippen molar-refractivity contribution in [1.82, 2.24) is 14.1 Å². The highest BCUT2D eigenvalue weighted by Gasteiger charge is 2.17. The number of hydrogen-bond acceptors (Lipinski definition) is 5. The van der Waals surface area contributed by atoms with E-state index in [-0.39, 0.29) is 5.75 Å². The van der Waals surface area contributed by atoms with Gasteiger partial charge in [0.2, 0.25) is 5.91 Å². The van der Waals surface area contributed by atoms with Gasteiger partial charge in [-0.1, -0.05) is 6.92 Å². The molecule has 8 heteroatoms. The van der Waals surface area contributed by atoms with E-state index in [2.05, 4.69) is 4.98 Å². The van der Waals surface area contributed by atoms with E-state index in [0.29, 0.717) is 22.3 Å². The Morgan fingerprint density at radius 2 is 2.00 bits per heavy atom. The molecule has 2 aromatic rings. The molecular weight excluding hydrogens is 292 g/mol. The number of thioether (sulfide) groups is 1. The number of nitrogens with zero attached hydrogens (tertiary/aromatic N) is 3. The molecule has 0 unspecified atom stereocenters. The van der Waals surface area contributed by atoms with Gasteiger partial charge in [-0.05, 0) is 12.0 Å². The molecule has 2 heterocycles. The molecule has 2 N–H and O–H groups in total. The van der Waals surface area contributed by atoms with Gasteiger partial charge >= 0.3 is 5.69 Å². The van der Waals surface area contributed by atoms with Gasteiger partial charge in [0, 0.05) is 25.2 Å². The van der Waals surface area contributed by atoms with E-state index < -0.39 is 17.2 Å². The number of amides is 1. The molecule has 0 saturated heterocycles. The van der Waals surface area contributed by atoms with Gasteiger partial charge in [-0.15, -0.1) is 11.8 Å². The quantitative estimate of drug-likeness (QED) is 0.787. The molecule has 0 aromatic carbocycles. The highest BCUT2D eigenvalue weighted by atomic mass is 32.2. The lowest BCUT2D eigenvalue weighted by atomic mass is 10.2. The minimum Gasteiger partial charge on any atom is -0.369 e. The van der Waals surface area contributed by atoms with E-state index in [1.807, 2.05) is 6.92 Å². The lowest BCUT2D eigenvalue weighted by molar-refractivity contribution is -0.115. The SMILES string of the molecule is CCc1cnc2c(c1SCC(N)=O)c(=O)n(C)c(=O)n2C. The fourth-order valence-electron chi connectivity index (χ4n) is 2.10. The van der Waals surface area contributed by atoms with E-state index in [0.717, 1.165) is 10.1 Å². The molecule has 0 aliphatic rings. The largest absolute Gasteiger partial charge is 0.369 e. The van der Waals surface area contributed by atoms with Crippen molar-refractivity contribution in [3.63, 3.8) is 0 Å². The summed E-state index contributed by atoms with van der Waals surface area (Å²) in [5, 5.41) is 0.352. The van der Waals surface area contributed by atoms with Crippen molar-refractivity contribution in [3.8, 4) is 0 Å². The van der Waals surface area contributed by atoms with Gasteiger partial charge in [-0.25, -0.2) is 9.78 Å². The minimum absolute atomic E-state index is 0.0676. The van der Waals surface area contributed by atoms with E-state index in [9.17, 15) is 14.4 Å². The van der Waals surface area contributed by atoms with Crippen molar-refractivity contribution in [2.24, 2.45) is 19.8 Å².